The first kappa shape index (κ1) is 10.1. The van der Waals surface area contributed by atoms with Crippen molar-refractivity contribution >= 4 is 11.6 Å². The van der Waals surface area contributed by atoms with E-state index in [0.717, 1.165) is 6.42 Å². The number of rotatable bonds is 3. The second-order valence-electron chi connectivity index (χ2n) is 4.30. The molecule has 15 heavy (non-hydrogen) atoms. The van der Waals surface area contributed by atoms with Gasteiger partial charge in [-0.2, -0.15) is 0 Å². The predicted octanol–water partition coefficient (Wildman–Crippen LogP) is 2.32. The fourth-order valence-corrected chi connectivity index (χ4v) is 2.34. The Balaban J connectivity index is 2.16. The molecular weight excluding hydrogens is 192 g/mol. The Hall–Kier alpha value is -1.38. The number of furan rings is 1. The largest absolute Gasteiger partial charge is 0.461 e. The van der Waals surface area contributed by atoms with E-state index in [1.165, 1.54) is 6.26 Å². The zero-order valence-electron chi connectivity index (χ0n) is 8.90. The van der Waals surface area contributed by atoms with Crippen LogP contribution in [0.25, 0.3) is 0 Å². The Morgan fingerprint density at radius 1 is 1.47 bits per heavy atom. The molecule has 0 spiro atoms. The summed E-state index contributed by atoms with van der Waals surface area (Å²) in [5.74, 6) is 0.470. The van der Waals surface area contributed by atoms with E-state index < -0.39 is 0 Å². The molecule has 0 amide bonds. The monoisotopic (exact) mass is 206 g/mol. The fourth-order valence-electron chi connectivity index (χ4n) is 2.34. The minimum absolute atomic E-state index is 0.0287. The first-order valence-electron chi connectivity index (χ1n) is 5.19. The van der Waals surface area contributed by atoms with Gasteiger partial charge in [-0.3, -0.25) is 9.59 Å². The van der Waals surface area contributed by atoms with Gasteiger partial charge in [0, 0.05) is 11.8 Å². The molecule has 1 aliphatic carbocycles. The summed E-state index contributed by atoms with van der Waals surface area (Å²) >= 11 is 0. The second kappa shape index (κ2) is 3.65. The van der Waals surface area contributed by atoms with Crippen molar-refractivity contribution < 1.29 is 14.0 Å². The van der Waals surface area contributed by atoms with Gasteiger partial charge < -0.3 is 4.42 Å². The van der Waals surface area contributed by atoms with Gasteiger partial charge in [0.25, 0.3) is 0 Å². The van der Waals surface area contributed by atoms with Crippen LogP contribution in [-0.4, -0.2) is 11.6 Å². The van der Waals surface area contributed by atoms with Gasteiger partial charge in [0.15, 0.2) is 5.76 Å². The van der Waals surface area contributed by atoms with Crippen molar-refractivity contribution in [3.63, 3.8) is 0 Å². The first-order valence-corrected chi connectivity index (χ1v) is 5.19. The maximum absolute atomic E-state index is 12.0. The Kier molecular flexibility index (Phi) is 2.47. The van der Waals surface area contributed by atoms with Crippen LogP contribution < -0.4 is 0 Å². The molecule has 0 aromatic carbocycles. The smallest absolute Gasteiger partial charge is 0.202 e. The molecule has 3 nitrogen and oxygen atoms in total. The Labute approximate surface area is 88.5 Å². The van der Waals surface area contributed by atoms with E-state index in [-0.39, 0.29) is 29.3 Å². The molecule has 0 unspecified atom stereocenters. The van der Waals surface area contributed by atoms with E-state index in [4.69, 9.17) is 4.42 Å². The number of ketones is 2. The summed E-state index contributed by atoms with van der Waals surface area (Å²) < 4.78 is 5.07. The van der Waals surface area contributed by atoms with Crippen LogP contribution in [0.2, 0.25) is 0 Å². The van der Waals surface area contributed by atoms with E-state index in [0.29, 0.717) is 5.76 Å². The maximum Gasteiger partial charge on any atom is 0.202 e. The number of hydrogen-bond donors (Lipinski definition) is 0. The van der Waals surface area contributed by atoms with Gasteiger partial charge >= 0.3 is 0 Å². The molecule has 1 aromatic heterocycles. The maximum atomic E-state index is 12.0. The van der Waals surface area contributed by atoms with Crippen molar-refractivity contribution in [3.8, 4) is 0 Å². The van der Waals surface area contributed by atoms with Crippen molar-refractivity contribution in [1.29, 1.82) is 0 Å². The molecule has 80 valence electrons. The third-order valence-electron chi connectivity index (χ3n) is 3.26. The molecule has 1 heterocycles. The summed E-state index contributed by atoms with van der Waals surface area (Å²) in [5.41, 5.74) is 0. The number of hydrogen-bond acceptors (Lipinski definition) is 3. The lowest BCUT2D eigenvalue weighted by atomic mass is 9.62. The van der Waals surface area contributed by atoms with Crippen molar-refractivity contribution in [2.75, 3.05) is 0 Å². The average Bonchev–Trinajstić information content (AvgIpc) is 2.65. The summed E-state index contributed by atoms with van der Waals surface area (Å²) in [6, 6.07) is 3.35. The quantitative estimate of drug-likeness (QED) is 0.713. The van der Waals surface area contributed by atoms with E-state index in [9.17, 15) is 9.59 Å². The molecule has 0 radical (unpaired) electrons. The van der Waals surface area contributed by atoms with Crippen molar-refractivity contribution in [3.05, 3.63) is 24.2 Å². The van der Waals surface area contributed by atoms with E-state index in [2.05, 4.69) is 0 Å². The summed E-state index contributed by atoms with van der Waals surface area (Å²) in [4.78, 5) is 23.2. The van der Waals surface area contributed by atoms with Crippen LogP contribution in [-0.2, 0) is 4.79 Å². The van der Waals surface area contributed by atoms with Crippen LogP contribution in [0.4, 0.5) is 0 Å². The highest BCUT2D eigenvalue weighted by molar-refractivity contribution is 5.99. The summed E-state index contributed by atoms with van der Waals surface area (Å²) in [5, 5.41) is 0. The van der Waals surface area contributed by atoms with Crippen LogP contribution in [0.5, 0.6) is 0 Å². The molecule has 3 heteroatoms. The average molecular weight is 206 g/mol. The molecule has 0 aliphatic heterocycles. The third-order valence-corrected chi connectivity index (χ3v) is 3.26. The van der Waals surface area contributed by atoms with Crippen LogP contribution in [0, 0.1) is 17.8 Å². The summed E-state index contributed by atoms with van der Waals surface area (Å²) in [7, 11) is 0. The molecule has 0 saturated heterocycles. The number of Topliss-reactive ketones (excluding diaryl/α,β-unsaturated/α-hetero) is 2. The third kappa shape index (κ3) is 1.62. The van der Waals surface area contributed by atoms with Crippen LogP contribution in [0.15, 0.2) is 22.8 Å². The molecule has 1 aliphatic rings. The molecular formula is C12H14O3. The van der Waals surface area contributed by atoms with Gasteiger partial charge in [-0.05, 0) is 31.4 Å². The molecule has 0 N–H and O–H groups in total. The van der Waals surface area contributed by atoms with Crippen molar-refractivity contribution in [1.82, 2.24) is 0 Å². The Morgan fingerprint density at radius 3 is 2.67 bits per heavy atom. The number of carbonyl (C=O) groups is 2. The highest BCUT2D eigenvalue weighted by Crippen LogP contribution is 2.42. The van der Waals surface area contributed by atoms with Crippen molar-refractivity contribution in [2.45, 2.75) is 20.3 Å². The standard InChI is InChI=1S/C12H14O3/c1-7-6-9(8(2)13)11(7)12(14)10-4-3-5-15-10/h3-5,7,9,11H,6H2,1-2H3/t7-,9-,11+/m0/s1. The lowest BCUT2D eigenvalue weighted by Gasteiger charge is -2.39. The van der Waals surface area contributed by atoms with Crippen molar-refractivity contribution in [2.24, 2.45) is 17.8 Å². The van der Waals surface area contributed by atoms with Crippen LogP contribution >= 0.6 is 0 Å². The first-order chi connectivity index (χ1) is 7.11. The van der Waals surface area contributed by atoms with Crippen LogP contribution in [0.1, 0.15) is 30.8 Å². The lowest BCUT2D eigenvalue weighted by molar-refractivity contribution is -0.127. The molecule has 1 saturated carbocycles. The van der Waals surface area contributed by atoms with E-state index in [1.807, 2.05) is 6.92 Å². The second-order valence-corrected chi connectivity index (χ2v) is 4.30. The van der Waals surface area contributed by atoms with Gasteiger partial charge in [0.05, 0.1) is 6.26 Å². The predicted molar refractivity (Wildman–Crippen MR) is 54.5 cm³/mol. The fraction of sp³-hybridized carbons (Fsp3) is 0.500. The zero-order chi connectivity index (χ0) is 11.0. The molecule has 1 fully saturated rings. The highest BCUT2D eigenvalue weighted by atomic mass is 16.3. The molecule has 3 atom stereocenters. The van der Waals surface area contributed by atoms with Gasteiger partial charge in [-0.25, -0.2) is 0 Å². The normalized spacial score (nSPS) is 29.6. The lowest BCUT2D eigenvalue weighted by Crippen LogP contribution is -2.44. The van der Waals surface area contributed by atoms with E-state index in [1.54, 1.807) is 19.1 Å². The summed E-state index contributed by atoms with van der Waals surface area (Å²) in [6.07, 6.45) is 2.31. The van der Waals surface area contributed by atoms with Gasteiger partial charge in [-0.1, -0.05) is 6.92 Å². The Morgan fingerprint density at radius 2 is 2.20 bits per heavy atom. The minimum Gasteiger partial charge on any atom is -0.461 e. The van der Waals surface area contributed by atoms with Crippen LogP contribution in [0.3, 0.4) is 0 Å². The number of carbonyl (C=O) groups excluding carboxylic acids is 2. The zero-order valence-corrected chi connectivity index (χ0v) is 8.90. The minimum atomic E-state index is -0.173. The summed E-state index contributed by atoms with van der Waals surface area (Å²) in [6.45, 7) is 3.56. The Bertz CT molecular complexity index is 378. The topological polar surface area (TPSA) is 47.3 Å². The van der Waals surface area contributed by atoms with E-state index >= 15 is 0 Å². The van der Waals surface area contributed by atoms with Gasteiger partial charge in [0.1, 0.15) is 5.78 Å². The SMILES string of the molecule is CC(=O)[C@@H]1C[C@H](C)[C@H]1C(=O)c1ccco1. The molecule has 1 aromatic rings. The highest BCUT2D eigenvalue weighted by Gasteiger charge is 2.46. The molecule has 0 bridgehead atoms. The molecule has 2 rings (SSSR count). The van der Waals surface area contributed by atoms with Gasteiger partial charge in [0.2, 0.25) is 5.78 Å². The van der Waals surface area contributed by atoms with Gasteiger partial charge in [-0.15, -0.1) is 0 Å².